The lowest BCUT2D eigenvalue weighted by Gasteiger charge is -2.14. The minimum Gasteiger partial charge on any atom is -0.399 e. The van der Waals surface area contributed by atoms with Crippen molar-refractivity contribution in [3.8, 4) is 22.6 Å². The molecule has 0 unspecified atom stereocenters. The maximum atomic E-state index is 15.1. The molecule has 0 aliphatic carbocycles. The van der Waals surface area contributed by atoms with Gasteiger partial charge in [0.15, 0.2) is 17.4 Å². The summed E-state index contributed by atoms with van der Waals surface area (Å²) < 4.78 is 126. The second kappa shape index (κ2) is 9.47. The molecule has 11 heteroatoms. The van der Waals surface area contributed by atoms with Crippen LogP contribution in [0.3, 0.4) is 0 Å². The summed E-state index contributed by atoms with van der Waals surface area (Å²) in [6.45, 7) is 1.61. The van der Waals surface area contributed by atoms with E-state index in [-0.39, 0.29) is 17.5 Å². The molecule has 0 aliphatic rings. The summed E-state index contributed by atoms with van der Waals surface area (Å²) >= 11 is 0. The largest absolute Gasteiger partial charge is 0.573 e. The van der Waals surface area contributed by atoms with Crippen LogP contribution in [-0.2, 0) is 24.4 Å². The van der Waals surface area contributed by atoms with E-state index >= 15 is 4.39 Å². The Kier molecular flexibility index (Phi) is 7.04. The van der Waals surface area contributed by atoms with Crippen LogP contribution in [0.2, 0.25) is 0 Å². The molecule has 1 radical (unpaired) electrons. The molecule has 0 fully saturated rings. The van der Waals surface area contributed by atoms with Crippen molar-refractivity contribution in [2.75, 3.05) is 0 Å². The number of ether oxygens (including phenoxy) is 1. The molecule has 0 aliphatic heterocycles. The first-order valence-electron chi connectivity index (χ1n) is 9.72. The highest BCUT2D eigenvalue weighted by molar-refractivity contribution is 5.73. The lowest BCUT2D eigenvalue weighted by atomic mass is 9.95. The van der Waals surface area contributed by atoms with E-state index < -0.39 is 82.3 Å². The fourth-order valence-corrected chi connectivity index (χ4v) is 3.41. The maximum Gasteiger partial charge on any atom is 0.573 e. The molecule has 0 saturated heterocycles. The van der Waals surface area contributed by atoms with Gasteiger partial charge in [-0.05, 0) is 54.7 Å². The molecule has 2 nitrogen and oxygen atoms in total. The fourth-order valence-electron chi connectivity index (χ4n) is 3.41. The van der Waals surface area contributed by atoms with Crippen molar-refractivity contribution in [2.45, 2.75) is 32.5 Å². The van der Waals surface area contributed by atoms with Gasteiger partial charge in [-0.25, -0.2) is 26.3 Å². The van der Waals surface area contributed by atoms with Gasteiger partial charge in [0.25, 0.3) is 0 Å². The summed E-state index contributed by atoms with van der Waals surface area (Å²) in [5, 5.41) is 12.2. The lowest BCUT2D eigenvalue weighted by Crippen LogP contribution is -2.19. The molecule has 0 saturated carbocycles. The smallest absolute Gasteiger partial charge is 0.399 e. The van der Waals surface area contributed by atoms with Crippen LogP contribution in [0.5, 0.6) is 11.5 Å². The third-order valence-electron chi connectivity index (χ3n) is 4.98. The molecule has 0 aromatic heterocycles. The standard InChI is InChI=1S/C23H14F9O2/c1-2-10-5-14(25)19(15(26)6-10)20-18(33)9-13(24)12(21(20)29)4-3-11-7-16(27)22(17(28)8-11)34-23(30,31)32/h5-9H,2-4H2,1H3. The first-order valence-corrected chi connectivity index (χ1v) is 9.72. The Morgan fingerprint density at radius 3 is 1.74 bits per heavy atom. The molecule has 0 amide bonds. The number of alkyl halides is 3. The van der Waals surface area contributed by atoms with E-state index in [9.17, 15) is 40.2 Å². The van der Waals surface area contributed by atoms with E-state index in [2.05, 4.69) is 4.74 Å². The van der Waals surface area contributed by atoms with Gasteiger partial charge in [0.2, 0.25) is 5.75 Å². The molecule has 0 atom stereocenters. The van der Waals surface area contributed by atoms with Crippen molar-refractivity contribution in [1.29, 1.82) is 0 Å². The van der Waals surface area contributed by atoms with Gasteiger partial charge in [-0.3, -0.25) is 5.11 Å². The Hall–Kier alpha value is -3.37. The van der Waals surface area contributed by atoms with Crippen LogP contribution < -0.4 is 4.74 Å². The first kappa shape index (κ1) is 25.3. The van der Waals surface area contributed by atoms with Gasteiger partial charge in [-0.15, -0.1) is 13.2 Å². The third kappa shape index (κ3) is 5.23. The molecule has 3 aromatic rings. The second-order valence-electron chi connectivity index (χ2n) is 7.25. The SMILES string of the molecule is CCc1cc(F)c(-c2c([O])cc(F)c(CCc3cc(F)c(OC(F)(F)F)c(F)c3)c2F)c(F)c1. The highest BCUT2D eigenvalue weighted by atomic mass is 19.4. The Balaban J connectivity index is 1.98. The molecule has 0 spiro atoms. The molecular weight excluding hydrogens is 479 g/mol. The minimum absolute atomic E-state index is 0.232. The van der Waals surface area contributed by atoms with Crippen LogP contribution in [0.4, 0.5) is 39.5 Å². The van der Waals surface area contributed by atoms with Gasteiger partial charge < -0.3 is 4.74 Å². The number of halogens is 9. The van der Waals surface area contributed by atoms with Crippen LogP contribution in [-0.4, -0.2) is 6.36 Å². The van der Waals surface area contributed by atoms with E-state index in [4.69, 9.17) is 0 Å². The Morgan fingerprint density at radius 2 is 1.24 bits per heavy atom. The van der Waals surface area contributed by atoms with Gasteiger partial charge in [-0.2, -0.15) is 0 Å². The zero-order valence-electron chi connectivity index (χ0n) is 17.2. The maximum absolute atomic E-state index is 15.1. The van der Waals surface area contributed by atoms with E-state index in [1.54, 1.807) is 6.92 Å². The highest BCUT2D eigenvalue weighted by Crippen LogP contribution is 2.39. The summed E-state index contributed by atoms with van der Waals surface area (Å²) in [6, 6.07) is 3.08. The number of aryl methyl sites for hydroxylation is 2. The number of hydrogen-bond donors (Lipinski definition) is 0. The Bertz CT molecular complexity index is 1190. The van der Waals surface area contributed by atoms with Crippen molar-refractivity contribution in [3.05, 3.63) is 81.9 Å². The molecule has 0 N–H and O–H groups in total. The fraction of sp³-hybridized carbons (Fsp3) is 0.217. The summed E-state index contributed by atoms with van der Waals surface area (Å²) in [7, 11) is 0. The van der Waals surface area contributed by atoms with Gasteiger partial charge in [0.1, 0.15) is 23.3 Å². The number of rotatable bonds is 6. The predicted octanol–water partition coefficient (Wildman–Crippen LogP) is 7.58. The van der Waals surface area contributed by atoms with Crippen LogP contribution >= 0.6 is 0 Å². The molecular formula is C23H14F9O2. The first-order chi connectivity index (χ1) is 15.8. The van der Waals surface area contributed by atoms with Crippen LogP contribution in [0.25, 0.3) is 11.1 Å². The van der Waals surface area contributed by atoms with Gasteiger partial charge in [0, 0.05) is 11.6 Å². The normalized spacial score (nSPS) is 11.7. The van der Waals surface area contributed by atoms with Crippen LogP contribution in [0, 0.1) is 34.9 Å². The number of benzene rings is 3. The zero-order valence-corrected chi connectivity index (χ0v) is 17.2. The third-order valence-corrected chi connectivity index (χ3v) is 4.98. The van der Waals surface area contributed by atoms with Gasteiger partial charge >= 0.3 is 6.36 Å². The summed E-state index contributed by atoms with van der Waals surface area (Å²) in [5.41, 5.74) is -2.91. The van der Waals surface area contributed by atoms with Crippen molar-refractivity contribution in [1.82, 2.24) is 0 Å². The summed E-state index contributed by atoms with van der Waals surface area (Å²) in [6.07, 6.45) is -6.24. The van der Waals surface area contributed by atoms with Crippen LogP contribution in [0.15, 0.2) is 30.3 Å². The van der Waals surface area contributed by atoms with Gasteiger partial charge in [-0.1, -0.05) is 6.92 Å². The van der Waals surface area contributed by atoms with Crippen molar-refractivity contribution in [3.63, 3.8) is 0 Å². The molecule has 0 bridgehead atoms. The van der Waals surface area contributed by atoms with Crippen molar-refractivity contribution >= 4 is 0 Å². The van der Waals surface area contributed by atoms with E-state index in [1.165, 1.54) is 0 Å². The average molecular weight is 493 g/mol. The molecule has 3 aromatic carbocycles. The molecule has 181 valence electrons. The van der Waals surface area contributed by atoms with E-state index in [0.29, 0.717) is 18.2 Å². The summed E-state index contributed by atoms with van der Waals surface area (Å²) in [5.74, 6) is -11.8. The Labute approximate surface area is 187 Å². The quantitative estimate of drug-likeness (QED) is 0.326. The van der Waals surface area contributed by atoms with Crippen molar-refractivity contribution < 1.29 is 49.4 Å². The van der Waals surface area contributed by atoms with Gasteiger partial charge in [0.05, 0.1) is 11.1 Å². The predicted molar refractivity (Wildman–Crippen MR) is 102 cm³/mol. The van der Waals surface area contributed by atoms with E-state index in [0.717, 1.165) is 12.1 Å². The lowest BCUT2D eigenvalue weighted by molar-refractivity contribution is -0.276. The second-order valence-corrected chi connectivity index (χ2v) is 7.25. The molecule has 0 heterocycles. The van der Waals surface area contributed by atoms with Crippen LogP contribution in [0.1, 0.15) is 23.6 Å². The zero-order chi connectivity index (χ0) is 25.4. The Morgan fingerprint density at radius 1 is 0.706 bits per heavy atom. The minimum atomic E-state index is -5.36. The summed E-state index contributed by atoms with van der Waals surface area (Å²) in [4.78, 5) is 0. The molecule has 34 heavy (non-hydrogen) atoms. The average Bonchev–Trinajstić information content (AvgIpc) is 2.71. The number of hydrogen-bond acceptors (Lipinski definition) is 1. The monoisotopic (exact) mass is 493 g/mol. The van der Waals surface area contributed by atoms with Crippen molar-refractivity contribution in [2.24, 2.45) is 0 Å². The topological polar surface area (TPSA) is 29.1 Å². The molecule has 3 rings (SSSR count). The highest BCUT2D eigenvalue weighted by Gasteiger charge is 2.34. The van der Waals surface area contributed by atoms with E-state index in [1.807, 2.05) is 0 Å².